The lowest BCUT2D eigenvalue weighted by atomic mass is 10.2. The van der Waals surface area contributed by atoms with Crippen LogP contribution >= 0.6 is 23.2 Å². The van der Waals surface area contributed by atoms with E-state index < -0.39 is 0 Å². The van der Waals surface area contributed by atoms with Gasteiger partial charge >= 0.3 is 0 Å². The molecular weight excluding hydrogens is 323 g/mol. The van der Waals surface area contributed by atoms with Gasteiger partial charge in [-0.05, 0) is 25.0 Å². The smallest absolute Gasteiger partial charge is 0.226 e. The summed E-state index contributed by atoms with van der Waals surface area (Å²) in [6, 6.07) is 5.33. The molecule has 120 valence electrons. The van der Waals surface area contributed by atoms with Crippen LogP contribution in [0.4, 0.5) is 5.69 Å². The van der Waals surface area contributed by atoms with Crippen molar-refractivity contribution in [2.24, 2.45) is 0 Å². The Labute approximate surface area is 140 Å². The summed E-state index contributed by atoms with van der Waals surface area (Å²) in [5.74, 6) is -0.172. The van der Waals surface area contributed by atoms with E-state index in [1.807, 2.05) is 0 Å². The van der Waals surface area contributed by atoms with E-state index in [0.29, 0.717) is 22.3 Å². The SMILES string of the molecule is CC(=O)N(CCC(=O)Nc1c(Cl)cccc1Cl)C1CCCC1. The van der Waals surface area contributed by atoms with Gasteiger partial charge in [-0.25, -0.2) is 0 Å². The molecule has 2 amide bonds. The predicted octanol–water partition coefficient (Wildman–Crippen LogP) is 4.11. The Kier molecular flexibility index (Phi) is 6.09. The molecule has 1 fully saturated rings. The second-order valence-electron chi connectivity index (χ2n) is 5.55. The van der Waals surface area contributed by atoms with Crippen molar-refractivity contribution in [2.45, 2.75) is 45.1 Å². The lowest BCUT2D eigenvalue weighted by Gasteiger charge is -2.27. The van der Waals surface area contributed by atoms with Crippen molar-refractivity contribution in [1.82, 2.24) is 4.90 Å². The van der Waals surface area contributed by atoms with Gasteiger partial charge in [-0.3, -0.25) is 9.59 Å². The molecule has 1 aromatic carbocycles. The highest BCUT2D eigenvalue weighted by molar-refractivity contribution is 6.39. The largest absolute Gasteiger partial charge is 0.339 e. The number of amides is 2. The molecule has 1 aliphatic rings. The highest BCUT2D eigenvalue weighted by Crippen LogP contribution is 2.30. The van der Waals surface area contributed by atoms with Crippen molar-refractivity contribution in [2.75, 3.05) is 11.9 Å². The van der Waals surface area contributed by atoms with Crippen molar-refractivity contribution >= 4 is 40.7 Å². The van der Waals surface area contributed by atoms with Crippen LogP contribution in [0.5, 0.6) is 0 Å². The van der Waals surface area contributed by atoms with Crippen LogP contribution in [-0.2, 0) is 9.59 Å². The van der Waals surface area contributed by atoms with Crippen LogP contribution < -0.4 is 5.32 Å². The first-order chi connectivity index (χ1) is 10.5. The minimum atomic E-state index is -0.195. The first-order valence-electron chi connectivity index (χ1n) is 7.50. The molecular formula is C16H20Cl2N2O2. The summed E-state index contributed by atoms with van der Waals surface area (Å²) in [7, 11) is 0. The summed E-state index contributed by atoms with van der Waals surface area (Å²) < 4.78 is 0. The summed E-state index contributed by atoms with van der Waals surface area (Å²) >= 11 is 12.1. The van der Waals surface area contributed by atoms with Gasteiger partial charge in [0.2, 0.25) is 11.8 Å². The molecule has 0 atom stereocenters. The minimum Gasteiger partial charge on any atom is -0.339 e. The van der Waals surface area contributed by atoms with Gasteiger partial charge in [-0.1, -0.05) is 42.1 Å². The van der Waals surface area contributed by atoms with Gasteiger partial charge in [0.1, 0.15) is 0 Å². The lowest BCUT2D eigenvalue weighted by Crippen LogP contribution is -2.39. The number of halogens is 2. The van der Waals surface area contributed by atoms with Crippen molar-refractivity contribution in [3.05, 3.63) is 28.2 Å². The van der Waals surface area contributed by atoms with Crippen molar-refractivity contribution in [3.63, 3.8) is 0 Å². The van der Waals surface area contributed by atoms with E-state index in [0.717, 1.165) is 25.7 Å². The second kappa shape index (κ2) is 7.84. The van der Waals surface area contributed by atoms with E-state index in [2.05, 4.69) is 5.32 Å². The fourth-order valence-electron chi connectivity index (χ4n) is 2.85. The molecule has 1 aliphatic carbocycles. The van der Waals surface area contributed by atoms with Crippen molar-refractivity contribution < 1.29 is 9.59 Å². The molecule has 4 nitrogen and oxygen atoms in total. The minimum absolute atomic E-state index is 0.0236. The number of carbonyl (C=O) groups is 2. The molecule has 1 aromatic rings. The number of anilines is 1. The lowest BCUT2D eigenvalue weighted by molar-refractivity contribution is -0.131. The molecule has 0 unspecified atom stereocenters. The zero-order chi connectivity index (χ0) is 16.1. The van der Waals surface area contributed by atoms with Gasteiger partial charge in [0.05, 0.1) is 15.7 Å². The van der Waals surface area contributed by atoms with E-state index in [4.69, 9.17) is 23.2 Å². The summed E-state index contributed by atoms with van der Waals surface area (Å²) in [6.07, 6.45) is 4.58. The predicted molar refractivity (Wildman–Crippen MR) is 89.4 cm³/mol. The molecule has 1 N–H and O–H groups in total. The van der Waals surface area contributed by atoms with Crippen LogP contribution in [0.2, 0.25) is 10.0 Å². The molecule has 22 heavy (non-hydrogen) atoms. The van der Waals surface area contributed by atoms with Crippen LogP contribution in [-0.4, -0.2) is 29.3 Å². The first-order valence-corrected chi connectivity index (χ1v) is 8.25. The molecule has 0 aliphatic heterocycles. The third-order valence-corrected chi connectivity index (χ3v) is 4.61. The van der Waals surface area contributed by atoms with Crippen LogP contribution in [0, 0.1) is 0 Å². The van der Waals surface area contributed by atoms with Crippen LogP contribution in [0.3, 0.4) is 0 Å². The topological polar surface area (TPSA) is 49.4 Å². The molecule has 0 aromatic heterocycles. The maximum atomic E-state index is 12.1. The third kappa shape index (κ3) is 4.37. The average molecular weight is 343 g/mol. The van der Waals surface area contributed by atoms with E-state index in [-0.39, 0.29) is 24.3 Å². The molecule has 6 heteroatoms. The van der Waals surface area contributed by atoms with Crippen LogP contribution in [0.15, 0.2) is 18.2 Å². The van der Waals surface area contributed by atoms with E-state index in [1.54, 1.807) is 30.0 Å². The Hall–Kier alpha value is -1.26. The standard InChI is InChI=1S/C16H20Cl2N2O2/c1-11(21)20(12-5-2-3-6-12)10-9-15(22)19-16-13(17)7-4-8-14(16)18/h4,7-8,12H,2-3,5-6,9-10H2,1H3,(H,19,22). The molecule has 0 spiro atoms. The zero-order valence-corrected chi connectivity index (χ0v) is 14.1. The Morgan fingerprint density at radius 1 is 1.23 bits per heavy atom. The molecule has 2 rings (SSSR count). The van der Waals surface area contributed by atoms with Gasteiger partial charge < -0.3 is 10.2 Å². The zero-order valence-electron chi connectivity index (χ0n) is 12.6. The molecule has 0 saturated heterocycles. The Morgan fingerprint density at radius 3 is 2.36 bits per heavy atom. The maximum Gasteiger partial charge on any atom is 0.226 e. The quantitative estimate of drug-likeness (QED) is 0.875. The first kappa shape index (κ1) is 17.1. The Balaban J connectivity index is 1.92. The summed E-state index contributed by atoms with van der Waals surface area (Å²) in [6.45, 7) is 1.98. The van der Waals surface area contributed by atoms with Gasteiger partial charge in [0.25, 0.3) is 0 Å². The number of nitrogens with one attached hydrogen (secondary N) is 1. The highest BCUT2D eigenvalue weighted by Gasteiger charge is 2.24. The Morgan fingerprint density at radius 2 is 1.82 bits per heavy atom. The number of nitrogens with zero attached hydrogens (tertiary/aromatic N) is 1. The van der Waals surface area contributed by atoms with Crippen LogP contribution in [0.1, 0.15) is 39.0 Å². The molecule has 0 heterocycles. The van der Waals surface area contributed by atoms with Gasteiger partial charge in [0, 0.05) is 25.9 Å². The summed E-state index contributed by atoms with van der Waals surface area (Å²) in [5, 5.41) is 3.53. The van der Waals surface area contributed by atoms with Crippen molar-refractivity contribution in [3.8, 4) is 0 Å². The van der Waals surface area contributed by atoms with Gasteiger partial charge in [0.15, 0.2) is 0 Å². The fraction of sp³-hybridized carbons (Fsp3) is 0.500. The number of hydrogen-bond acceptors (Lipinski definition) is 2. The molecule has 1 saturated carbocycles. The second-order valence-corrected chi connectivity index (χ2v) is 6.36. The van der Waals surface area contributed by atoms with E-state index in [9.17, 15) is 9.59 Å². The number of carbonyl (C=O) groups excluding carboxylic acids is 2. The monoisotopic (exact) mass is 342 g/mol. The number of benzene rings is 1. The Bertz CT molecular complexity index is 537. The summed E-state index contributed by atoms with van der Waals surface area (Å²) in [4.78, 5) is 25.7. The molecule has 0 bridgehead atoms. The van der Waals surface area contributed by atoms with E-state index in [1.165, 1.54) is 0 Å². The maximum absolute atomic E-state index is 12.1. The van der Waals surface area contributed by atoms with Crippen LogP contribution in [0.25, 0.3) is 0 Å². The normalized spacial score (nSPS) is 14.9. The number of rotatable bonds is 5. The highest BCUT2D eigenvalue weighted by atomic mass is 35.5. The van der Waals surface area contributed by atoms with Crippen molar-refractivity contribution in [1.29, 1.82) is 0 Å². The number of para-hydroxylation sites is 1. The summed E-state index contributed by atoms with van der Waals surface area (Å²) in [5.41, 5.74) is 0.422. The fourth-order valence-corrected chi connectivity index (χ4v) is 3.35. The van der Waals surface area contributed by atoms with Gasteiger partial charge in [-0.15, -0.1) is 0 Å². The number of hydrogen-bond donors (Lipinski definition) is 1. The average Bonchev–Trinajstić information content (AvgIpc) is 2.97. The third-order valence-electron chi connectivity index (χ3n) is 3.98. The van der Waals surface area contributed by atoms with Gasteiger partial charge in [-0.2, -0.15) is 0 Å². The molecule has 0 radical (unpaired) electrons. The van der Waals surface area contributed by atoms with E-state index >= 15 is 0 Å².